The molecule has 0 saturated heterocycles. The fraction of sp³-hybridized carbons (Fsp3) is 1.00. The molecule has 0 atom stereocenters. The molecule has 5 nitrogen and oxygen atoms in total. The van der Waals surface area contributed by atoms with Crippen LogP contribution in [0.2, 0.25) is 0 Å². The zero-order chi connectivity index (χ0) is 11.2. The van der Waals surface area contributed by atoms with Crippen molar-refractivity contribution in [2.75, 3.05) is 19.0 Å². The first-order valence-corrected chi connectivity index (χ1v) is 6.18. The first-order chi connectivity index (χ1) is 6.39. The van der Waals surface area contributed by atoms with Gasteiger partial charge in [-0.05, 0) is 6.42 Å². The highest BCUT2D eigenvalue weighted by atomic mass is 32.2. The molecule has 0 unspecified atom stereocenters. The highest BCUT2D eigenvalue weighted by Crippen LogP contribution is 2.21. The summed E-state index contributed by atoms with van der Waals surface area (Å²) in [5.41, 5.74) is -1.29. The summed E-state index contributed by atoms with van der Waals surface area (Å²) in [7, 11) is -3.52. The minimum atomic E-state index is -3.52. The third-order valence-corrected chi connectivity index (χ3v) is 3.32. The van der Waals surface area contributed by atoms with Crippen LogP contribution in [0.25, 0.3) is 4.72 Å². The van der Waals surface area contributed by atoms with E-state index in [9.17, 15) is 8.42 Å². The largest absolute Gasteiger partial charge is 0.540 e. The Morgan fingerprint density at radius 2 is 1.79 bits per heavy atom. The molecule has 0 rings (SSSR count). The molecule has 0 saturated carbocycles. The molecule has 0 fully saturated rings. The predicted octanol–water partition coefficient (Wildman–Crippen LogP) is 0.233. The number of rotatable bonds is 7. The summed E-state index contributed by atoms with van der Waals surface area (Å²) in [4.78, 5) is 0. The minimum Gasteiger partial charge on any atom is -0.540 e. The van der Waals surface area contributed by atoms with Crippen LogP contribution in [0.15, 0.2) is 0 Å². The van der Waals surface area contributed by atoms with Gasteiger partial charge in [0.15, 0.2) is 0 Å². The topological polar surface area (TPSA) is 88.7 Å². The Bertz CT molecular complexity index is 246. The van der Waals surface area contributed by atoms with Crippen molar-refractivity contribution in [1.82, 2.24) is 0 Å². The summed E-state index contributed by atoms with van der Waals surface area (Å²) >= 11 is 0. The van der Waals surface area contributed by atoms with Crippen molar-refractivity contribution in [2.24, 2.45) is 0 Å². The maximum atomic E-state index is 11.3. The molecule has 0 aromatic carbocycles. The van der Waals surface area contributed by atoms with Crippen LogP contribution in [0.3, 0.4) is 0 Å². The van der Waals surface area contributed by atoms with Crippen LogP contribution in [-0.4, -0.2) is 43.1 Å². The lowest BCUT2D eigenvalue weighted by Gasteiger charge is -2.39. The zero-order valence-corrected chi connectivity index (χ0v) is 9.42. The van der Waals surface area contributed by atoms with Crippen LogP contribution < -0.4 is 0 Å². The Hall–Kier alpha value is -0.170. The SMILES string of the molecule is CCCCS(=O)(=O)[N-]C(C)(CO)CO. The fourth-order valence-corrected chi connectivity index (χ4v) is 2.35. The maximum Gasteiger partial charge on any atom is 0.0726 e. The number of hydrogen-bond donors (Lipinski definition) is 2. The van der Waals surface area contributed by atoms with Gasteiger partial charge >= 0.3 is 0 Å². The van der Waals surface area contributed by atoms with Gasteiger partial charge in [0.05, 0.1) is 10.0 Å². The van der Waals surface area contributed by atoms with Crippen LogP contribution in [-0.2, 0) is 10.0 Å². The second-order valence-electron chi connectivity index (χ2n) is 3.54. The molecule has 0 radical (unpaired) electrons. The van der Waals surface area contributed by atoms with Gasteiger partial charge in [-0.25, -0.2) is 8.42 Å². The second kappa shape index (κ2) is 5.65. The summed E-state index contributed by atoms with van der Waals surface area (Å²) in [5.74, 6) is -0.0287. The van der Waals surface area contributed by atoms with Crippen molar-refractivity contribution in [3.05, 3.63) is 4.72 Å². The van der Waals surface area contributed by atoms with Crippen LogP contribution in [0.1, 0.15) is 26.7 Å². The molecular formula is C8H18NO4S-. The summed E-state index contributed by atoms with van der Waals surface area (Å²) in [6.07, 6.45) is 1.31. The van der Waals surface area contributed by atoms with Gasteiger partial charge in [0.1, 0.15) is 0 Å². The van der Waals surface area contributed by atoms with Gasteiger partial charge in [0.25, 0.3) is 0 Å². The monoisotopic (exact) mass is 224 g/mol. The molecule has 86 valence electrons. The van der Waals surface area contributed by atoms with Crippen molar-refractivity contribution in [3.8, 4) is 0 Å². The summed E-state index contributed by atoms with van der Waals surface area (Å²) < 4.78 is 26.2. The highest BCUT2D eigenvalue weighted by Gasteiger charge is 2.15. The number of nitrogens with zero attached hydrogens (tertiary/aromatic N) is 1. The molecule has 0 heterocycles. The molecule has 6 heteroatoms. The van der Waals surface area contributed by atoms with E-state index >= 15 is 0 Å². The number of hydrogen-bond acceptors (Lipinski definition) is 4. The Morgan fingerprint density at radius 1 is 1.29 bits per heavy atom. The normalized spacial score (nSPS) is 13.1. The first kappa shape index (κ1) is 13.8. The maximum absolute atomic E-state index is 11.3. The lowest BCUT2D eigenvalue weighted by Crippen LogP contribution is -2.35. The smallest absolute Gasteiger partial charge is 0.0726 e. The molecule has 0 aliphatic heterocycles. The first-order valence-electron chi connectivity index (χ1n) is 4.57. The average Bonchev–Trinajstić information content (AvgIpc) is 2.14. The zero-order valence-electron chi connectivity index (χ0n) is 8.60. The molecule has 0 spiro atoms. The third-order valence-electron chi connectivity index (χ3n) is 1.80. The predicted molar refractivity (Wildman–Crippen MR) is 54.6 cm³/mol. The van der Waals surface area contributed by atoms with Crippen molar-refractivity contribution >= 4 is 10.0 Å². The van der Waals surface area contributed by atoms with Crippen molar-refractivity contribution in [2.45, 2.75) is 32.2 Å². The highest BCUT2D eigenvalue weighted by molar-refractivity contribution is 7.94. The van der Waals surface area contributed by atoms with E-state index in [-0.39, 0.29) is 5.75 Å². The van der Waals surface area contributed by atoms with E-state index in [2.05, 4.69) is 4.72 Å². The molecule has 0 amide bonds. The van der Waals surface area contributed by atoms with Crippen molar-refractivity contribution < 1.29 is 18.6 Å². The Kier molecular flexibility index (Phi) is 5.58. The fourth-order valence-electron chi connectivity index (χ4n) is 0.816. The minimum absolute atomic E-state index is 0.0287. The van der Waals surface area contributed by atoms with Gasteiger partial charge in [-0.1, -0.05) is 25.8 Å². The Morgan fingerprint density at radius 3 is 2.14 bits per heavy atom. The van der Waals surface area contributed by atoms with E-state index in [1.165, 1.54) is 6.92 Å². The van der Waals surface area contributed by atoms with Gasteiger partial charge in [-0.3, -0.25) is 0 Å². The van der Waals surface area contributed by atoms with E-state index in [0.717, 1.165) is 6.42 Å². The lowest BCUT2D eigenvalue weighted by atomic mass is 10.1. The molecule has 0 aromatic rings. The van der Waals surface area contributed by atoms with E-state index in [1.54, 1.807) is 0 Å². The number of aliphatic hydroxyl groups excluding tert-OH is 2. The van der Waals surface area contributed by atoms with E-state index in [4.69, 9.17) is 10.2 Å². The van der Waals surface area contributed by atoms with E-state index in [0.29, 0.717) is 6.42 Å². The molecule has 0 aliphatic rings. The van der Waals surface area contributed by atoms with Crippen molar-refractivity contribution in [1.29, 1.82) is 0 Å². The standard InChI is InChI=1S/C8H18NO4S/c1-3-4-5-14(12,13)9-8(2,6-10)7-11/h10-11H,3-7H2,1-2H3/q-1. The van der Waals surface area contributed by atoms with Gasteiger partial charge in [-0.2, -0.15) is 0 Å². The van der Waals surface area contributed by atoms with Gasteiger partial charge in [0, 0.05) is 19.0 Å². The molecule has 0 aromatic heterocycles. The summed E-state index contributed by atoms with van der Waals surface area (Å²) in [5, 5.41) is 17.7. The number of aliphatic hydroxyl groups is 2. The van der Waals surface area contributed by atoms with E-state index < -0.39 is 28.8 Å². The van der Waals surface area contributed by atoms with Crippen LogP contribution in [0, 0.1) is 0 Å². The number of unbranched alkanes of at least 4 members (excludes halogenated alkanes) is 1. The van der Waals surface area contributed by atoms with E-state index in [1.807, 2.05) is 6.92 Å². The summed E-state index contributed by atoms with van der Waals surface area (Å²) in [6, 6.07) is 0. The molecule has 2 N–H and O–H groups in total. The Balaban J connectivity index is 4.33. The van der Waals surface area contributed by atoms with Gasteiger partial charge in [-0.15, -0.1) is 0 Å². The van der Waals surface area contributed by atoms with Crippen LogP contribution in [0.5, 0.6) is 0 Å². The molecule has 14 heavy (non-hydrogen) atoms. The summed E-state index contributed by atoms with van der Waals surface area (Å²) in [6.45, 7) is 2.33. The molecular weight excluding hydrogens is 206 g/mol. The van der Waals surface area contributed by atoms with Crippen molar-refractivity contribution in [3.63, 3.8) is 0 Å². The quantitative estimate of drug-likeness (QED) is 0.648. The average molecular weight is 224 g/mol. The van der Waals surface area contributed by atoms with Gasteiger partial charge < -0.3 is 14.9 Å². The Labute approximate surface area is 85.2 Å². The molecule has 0 aliphatic carbocycles. The van der Waals surface area contributed by atoms with Gasteiger partial charge in [0.2, 0.25) is 0 Å². The second-order valence-corrected chi connectivity index (χ2v) is 5.30. The third kappa shape index (κ3) is 4.90. The van der Waals surface area contributed by atoms with Crippen LogP contribution >= 0.6 is 0 Å². The molecule has 0 bridgehead atoms. The number of sulfonamides is 1. The van der Waals surface area contributed by atoms with Crippen LogP contribution in [0.4, 0.5) is 0 Å². The lowest BCUT2D eigenvalue weighted by molar-refractivity contribution is 0.156.